The number of rotatable bonds is 8. The summed E-state index contributed by atoms with van der Waals surface area (Å²) in [6, 6.07) is 0. The van der Waals surface area contributed by atoms with E-state index in [2.05, 4.69) is 24.5 Å². The quantitative estimate of drug-likeness (QED) is 0.506. The van der Waals surface area contributed by atoms with Gasteiger partial charge in [0.15, 0.2) is 0 Å². The zero-order valence-electron chi connectivity index (χ0n) is 9.65. The molecule has 0 radical (unpaired) electrons. The summed E-state index contributed by atoms with van der Waals surface area (Å²) in [5.74, 6) is 0.803. The fraction of sp³-hybridized carbons (Fsp3) is 1.00. The first kappa shape index (κ1) is 13.3. The van der Waals surface area contributed by atoms with Gasteiger partial charge >= 0.3 is 0 Å². The average molecular weight is 233 g/mol. The van der Waals surface area contributed by atoms with Crippen molar-refractivity contribution in [3.05, 3.63) is 0 Å². The Hall–Kier alpha value is 0.230. The second kappa shape index (κ2) is 8.39. The summed E-state index contributed by atoms with van der Waals surface area (Å²) >= 11 is 4.10. The van der Waals surface area contributed by atoms with Crippen LogP contribution in [0.3, 0.4) is 0 Å². The smallest absolute Gasteiger partial charge is 0.0702 e. The maximum absolute atomic E-state index is 5.62. The molecule has 1 rings (SSSR count). The van der Waals surface area contributed by atoms with Crippen molar-refractivity contribution in [3.8, 4) is 0 Å². The van der Waals surface area contributed by atoms with Crippen LogP contribution in [0.15, 0.2) is 0 Å². The van der Waals surface area contributed by atoms with E-state index in [4.69, 9.17) is 9.47 Å². The summed E-state index contributed by atoms with van der Waals surface area (Å²) in [7, 11) is 0. The molecular formula is C11H23NO2S. The Kier molecular flexibility index (Phi) is 7.44. The molecule has 0 amide bonds. The second-order valence-corrected chi connectivity index (χ2v) is 4.31. The number of thiol groups is 1. The third-order valence-corrected chi connectivity index (χ3v) is 2.90. The molecule has 1 fully saturated rings. The average Bonchev–Trinajstić information content (AvgIpc) is 2.75. The molecule has 0 aromatic heterocycles. The van der Waals surface area contributed by atoms with E-state index in [9.17, 15) is 0 Å². The molecule has 90 valence electrons. The molecular weight excluding hydrogens is 210 g/mol. The summed E-state index contributed by atoms with van der Waals surface area (Å²) < 4.78 is 11.0. The van der Waals surface area contributed by atoms with Gasteiger partial charge in [0.1, 0.15) is 0 Å². The van der Waals surface area contributed by atoms with Crippen molar-refractivity contribution >= 4 is 12.6 Å². The van der Waals surface area contributed by atoms with Crippen LogP contribution in [0.1, 0.15) is 19.8 Å². The summed E-state index contributed by atoms with van der Waals surface area (Å²) in [5, 5.41) is 0. The Morgan fingerprint density at radius 1 is 1.47 bits per heavy atom. The zero-order chi connectivity index (χ0) is 10.9. The highest BCUT2D eigenvalue weighted by atomic mass is 32.1. The van der Waals surface area contributed by atoms with Gasteiger partial charge in [-0.1, -0.05) is 6.92 Å². The number of likely N-dealkylation sites (N-methyl/N-ethyl adjacent to an activating group) is 1. The molecule has 0 spiro atoms. The highest BCUT2D eigenvalue weighted by molar-refractivity contribution is 7.80. The molecule has 1 atom stereocenters. The van der Waals surface area contributed by atoms with Gasteiger partial charge in [-0.2, -0.15) is 12.6 Å². The van der Waals surface area contributed by atoms with Crippen LogP contribution in [0.25, 0.3) is 0 Å². The van der Waals surface area contributed by atoms with E-state index in [0.29, 0.717) is 6.10 Å². The number of hydrogen-bond donors (Lipinski definition) is 1. The maximum Gasteiger partial charge on any atom is 0.0702 e. The molecule has 4 heteroatoms. The molecule has 0 aromatic carbocycles. The molecule has 0 bridgehead atoms. The van der Waals surface area contributed by atoms with Crippen molar-refractivity contribution in [2.45, 2.75) is 25.9 Å². The monoisotopic (exact) mass is 233 g/mol. The Balaban J connectivity index is 2.06. The van der Waals surface area contributed by atoms with Gasteiger partial charge in [0, 0.05) is 25.4 Å². The van der Waals surface area contributed by atoms with Crippen LogP contribution in [0, 0.1) is 0 Å². The largest absolute Gasteiger partial charge is 0.379 e. The highest BCUT2D eigenvalue weighted by Gasteiger charge is 2.17. The van der Waals surface area contributed by atoms with Gasteiger partial charge in [-0.3, -0.25) is 4.90 Å². The Labute approximate surface area is 98.5 Å². The van der Waals surface area contributed by atoms with Gasteiger partial charge in [-0.05, 0) is 19.4 Å². The van der Waals surface area contributed by atoms with Crippen LogP contribution < -0.4 is 0 Å². The van der Waals surface area contributed by atoms with Crippen molar-refractivity contribution in [2.24, 2.45) is 0 Å². The van der Waals surface area contributed by atoms with Gasteiger partial charge < -0.3 is 9.47 Å². The van der Waals surface area contributed by atoms with Gasteiger partial charge in [0.25, 0.3) is 0 Å². The lowest BCUT2D eigenvalue weighted by atomic mass is 10.2. The molecule has 0 aliphatic carbocycles. The van der Waals surface area contributed by atoms with Crippen LogP contribution in [0.2, 0.25) is 0 Å². The third kappa shape index (κ3) is 5.76. The first-order valence-corrected chi connectivity index (χ1v) is 6.52. The van der Waals surface area contributed by atoms with Crippen LogP contribution >= 0.6 is 12.6 Å². The van der Waals surface area contributed by atoms with E-state index in [0.717, 1.165) is 45.2 Å². The normalized spacial score (nSPS) is 21.4. The van der Waals surface area contributed by atoms with E-state index in [1.807, 2.05) is 0 Å². The van der Waals surface area contributed by atoms with Crippen LogP contribution in [0.4, 0.5) is 0 Å². The van der Waals surface area contributed by atoms with E-state index in [1.165, 1.54) is 12.8 Å². The number of hydrogen-bond acceptors (Lipinski definition) is 4. The summed E-state index contributed by atoms with van der Waals surface area (Å²) in [6.45, 7) is 7.82. The molecule has 1 heterocycles. The van der Waals surface area contributed by atoms with Crippen LogP contribution in [-0.2, 0) is 9.47 Å². The van der Waals surface area contributed by atoms with Crippen LogP contribution in [0.5, 0.6) is 0 Å². The summed E-state index contributed by atoms with van der Waals surface area (Å²) in [5.41, 5.74) is 0. The molecule has 15 heavy (non-hydrogen) atoms. The van der Waals surface area contributed by atoms with Crippen molar-refractivity contribution in [1.82, 2.24) is 4.90 Å². The number of ether oxygens (including phenoxy) is 2. The molecule has 1 saturated heterocycles. The van der Waals surface area contributed by atoms with E-state index >= 15 is 0 Å². The molecule has 3 nitrogen and oxygen atoms in total. The molecule has 0 aromatic rings. The zero-order valence-corrected chi connectivity index (χ0v) is 10.5. The minimum atomic E-state index is 0.454. The fourth-order valence-corrected chi connectivity index (χ4v) is 1.94. The fourth-order valence-electron chi connectivity index (χ4n) is 1.82. The van der Waals surface area contributed by atoms with Gasteiger partial charge in [-0.15, -0.1) is 0 Å². The SMILES string of the molecule is CCN(CCOCCS)CC1CCCO1. The van der Waals surface area contributed by atoms with Crippen molar-refractivity contribution in [3.63, 3.8) is 0 Å². The Morgan fingerprint density at radius 2 is 2.33 bits per heavy atom. The van der Waals surface area contributed by atoms with Crippen molar-refractivity contribution in [2.75, 3.05) is 45.2 Å². The lowest BCUT2D eigenvalue weighted by Gasteiger charge is -2.23. The van der Waals surface area contributed by atoms with E-state index in [-0.39, 0.29) is 0 Å². The Bertz CT molecular complexity index is 152. The van der Waals surface area contributed by atoms with Gasteiger partial charge in [0.2, 0.25) is 0 Å². The topological polar surface area (TPSA) is 21.7 Å². The first-order valence-electron chi connectivity index (χ1n) is 5.89. The van der Waals surface area contributed by atoms with Crippen molar-refractivity contribution in [1.29, 1.82) is 0 Å². The molecule has 1 aliphatic rings. The summed E-state index contributed by atoms with van der Waals surface area (Å²) in [6.07, 6.45) is 2.89. The minimum Gasteiger partial charge on any atom is -0.379 e. The van der Waals surface area contributed by atoms with E-state index in [1.54, 1.807) is 0 Å². The molecule has 0 saturated carbocycles. The highest BCUT2D eigenvalue weighted by Crippen LogP contribution is 2.12. The summed E-state index contributed by atoms with van der Waals surface area (Å²) in [4.78, 5) is 2.40. The first-order chi connectivity index (χ1) is 7.36. The van der Waals surface area contributed by atoms with E-state index < -0.39 is 0 Å². The van der Waals surface area contributed by atoms with Gasteiger partial charge in [-0.25, -0.2) is 0 Å². The molecule has 1 unspecified atom stereocenters. The lowest BCUT2D eigenvalue weighted by Crippen LogP contribution is -2.34. The van der Waals surface area contributed by atoms with Gasteiger partial charge in [0.05, 0.1) is 19.3 Å². The van der Waals surface area contributed by atoms with Crippen LogP contribution in [-0.4, -0.2) is 56.2 Å². The standard InChI is InChI=1S/C11H23NO2S/c1-2-12(5-7-13-8-9-15)10-11-4-3-6-14-11/h11,15H,2-10H2,1H3. The lowest BCUT2D eigenvalue weighted by molar-refractivity contribution is 0.0582. The third-order valence-electron chi connectivity index (χ3n) is 2.72. The minimum absolute atomic E-state index is 0.454. The predicted molar refractivity (Wildman–Crippen MR) is 65.8 cm³/mol. The predicted octanol–water partition coefficient (Wildman–Crippen LogP) is 1.43. The second-order valence-electron chi connectivity index (χ2n) is 3.86. The Morgan fingerprint density at radius 3 is 2.93 bits per heavy atom. The van der Waals surface area contributed by atoms with Crippen molar-refractivity contribution < 1.29 is 9.47 Å². The molecule has 1 aliphatic heterocycles. The number of nitrogens with zero attached hydrogens (tertiary/aromatic N) is 1. The molecule has 0 N–H and O–H groups in total. The maximum atomic E-state index is 5.62.